The molecule has 0 saturated carbocycles. The Kier molecular flexibility index (Phi) is 2.65. The predicted molar refractivity (Wildman–Crippen MR) is 74.5 cm³/mol. The summed E-state index contributed by atoms with van der Waals surface area (Å²) in [6.07, 6.45) is 1.57. The zero-order chi connectivity index (χ0) is 12.5. The highest BCUT2D eigenvalue weighted by atomic mass is 32.1. The second kappa shape index (κ2) is 4.31. The minimum absolute atomic E-state index is 0.227. The third-order valence-corrected chi connectivity index (χ3v) is 3.35. The first-order chi connectivity index (χ1) is 8.74. The lowest BCUT2D eigenvalue weighted by molar-refractivity contribution is 0.960. The number of fused-ring (bicyclic) bond motifs is 1. The Morgan fingerprint density at radius 2 is 2.22 bits per heavy atom. The van der Waals surface area contributed by atoms with E-state index in [1.165, 1.54) is 11.3 Å². The van der Waals surface area contributed by atoms with E-state index in [4.69, 9.17) is 18.0 Å². The van der Waals surface area contributed by atoms with E-state index in [1.807, 2.05) is 24.3 Å². The highest BCUT2D eigenvalue weighted by Crippen LogP contribution is 2.30. The standard InChI is InChI=1S/C10H8N6S2/c11-9(17)13-7-4-2-1-3-6(7)8-15-16-5-12-14-10(16)18-8/h1-5H,(H3,11,13,17). The average molecular weight is 276 g/mol. The largest absolute Gasteiger partial charge is 0.376 e. The van der Waals surface area contributed by atoms with Gasteiger partial charge in [-0.05, 0) is 24.4 Å². The van der Waals surface area contributed by atoms with Crippen molar-refractivity contribution in [1.29, 1.82) is 0 Å². The molecule has 0 fully saturated rings. The summed E-state index contributed by atoms with van der Waals surface area (Å²) in [6, 6.07) is 7.69. The van der Waals surface area contributed by atoms with Crippen molar-refractivity contribution in [2.45, 2.75) is 0 Å². The molecule has 3 N–H and O–H groups in total. The number of nitrogens with one attached hydrogen (secondary N) is 1. The molecule has 0 aliphatic rings. The molecule has 1 aromatic carbocycles. The van der Waals surface area contributed by atoms with Gasteiger partial charge >= 0.3 is 0 Å². The molecule has 2 heterocycles. The van der Waals surface area contributed by atoms with Crippen molar-refractivity contribution >= 4 is 39.3 Å². The normalized spacial score (nSPS) is 10.7. The number of nitrogens with zero attached hydrogens (tertiary/aromatic N) is 4. The molecule has 0 saturated heterocycles. The van der Waals surface area contributed by atoms with E-state index in [-0.39, 0.29) is 5.11 Å². The van der Waals surface area contributed by atoms with Crippen LogP contribution in [0.5, 0.6) is 0 Å². The highest BCUT2D eigenvalue weighted by molar-refractivity contribution is 7.80. The Bertz CT molecular complexity index is 687. The number of benzene rings is 1. The third-order valence-electron chi connectivity index (χ3n) is 2.30. The monoisotopic (exact) mass is 276 g/mol. The van der Waals surface area contributed by atoms with Crippen LogP contribution in [0.1, 0.15) is 0 Å². The molecular formula is C10H8N6S2. The zero-order valence-corrected chi connectivity index (χ0v) is 10.7. The van der Waals surface area contributed by atoms with E-state index < -0.39 is 0 Å². The Balaban J connectivity index is 2.10. The molecule has 0 atom stereocenters. The lowest BCUT2D eigenvalue weighted by Crippen LogP contribution is -2.19. The van der Waals surface area contributed by atoms with Crippen LogP contribution in [0, 0.1) is 0 Å². The Labute approximate surface area is 111 Å². The number of hydrogen-bond donors (Lipinski definition) is 2. The van der Waals surface area contributed by atoms with Crippen LogP contribution in [0.15, 0.2) is 30.6 Å². The van der Waals surface area contributed by atoms with Gasteiger partial charge in [0.1, 0.15) is 11.3 Å². The number of aromatic nitrogens is 4. The molecular weight excluding hydrogens is 268 g/mol. The fourth-order valence-electron chi connectivity index (χ4n) is 1.58. The maximum absolute atomic E-state index is 5.50. The number of anilines is 1. The first kappa shape index (κ1) is 11.1. The summed E-state index contributed by atoms with van der Waals surface area (Å²) in [5.41, 5.74) is 7.26. The van der Waals surface area contributed by atoms with Gasteiger partial charge in [-0.1, -0.05) is 23.5 Å². The van der Waals surface area contributed by atoms with Crippen LogP contribution in [-0.4, -0.2) is 24.9 Å². The Morgan fingerprint density at radius 3 is 3.00 bits per heavy atom. The summed E-state index contributed by atoms with van der Waals surface area (Å²) in [4.78, 5) is 0.745. The molecule has 3 rings (SSSR count). The fourth-order valence-corrected chi connectivity index (χ4v) is 2.55. The van der Waals surface area contributed by atoms with Crippen molar-refractivity contribution in [3.8, 4) is 10.6 Å². The van der Waals surface area contributed by atoms with Crippen LogP contribution in [0.3, 0.4) is 0 Å². The van der Waals surface area contributed by atoms with Crippen molar-refractivity contribution in [3.05, 3.63) is 30.6 Å². The molecule has 18 heavy (non-hydrogen) atoms. The van der Waals surface area contributed by atoms with Gasteiger partial charge in [0.05, 0.1) is 5.69 Å². The van der Waals surface area contributed by atoms with E-state index in [0.29, 0.717) is 0 Å². The van der Waals surface area contributed by atoms with E-state index >= 15 is 0 Å². The van der Waals surface area contributed by atoms with Gasteiger partial charge in [-0.25, -0.2) is 0 Å². The number of thiocarbonyl (C=S) groups is 1. The Hall–Kier alpha value is -2.06. The van der Waals surface area contributed by atoms with Gasteiger partial charge in [0.15, 0.2) is 5.11 Å². The van der Waals surface area contributed by atoms with Gasteiger partial charge in [0, 0.05) is 5.56 Å². The summed E-state index contributed by atoms with van der Waals surface area (Å²) in [5.74, 6) is 0. The number of nitrogens with two attached hydrogens (primary N) is 1. The average Bonchev–Trinajstić information content (AvgIpc) is 2.89. The fraction of sp³-hybridized carbons (Fsp3) is 0. The van der Waals surface area contributed by atoms with Gasteiger partial charge in [-0.2, -0.15) is 9.61 Å². The van der Waals surface area contributed by atoms with Gasteiger partial charge in [-0.15, -0.1) is 10.2 Å². The molecule has 8 heteroatoms. The summed E-state index contributed by atoms with van der Waals surface area (Å²) in [5, 5.41) is 16.1. The highest BCUT2D eigenvalue weighted by Gasteiger charge is 2.11. The van der Waals surface area contributed by atoms with E-state index in [0.717, 1.165) is 21.2 Å². The molecule has 2 aromatic heterocycles. The second-order valence-corrected chi connectivity index (χ2v) is 4.90. The van der Waals surface area contributed by atoms with Crippen LogP contribution in [0.2, 0.25) is 0 Å². The van der Waals surface area contributed by atoms with Gasteiger partial charge < -0.3 is 11.1 Å². The first-order valence-electron chi connectivity index (χ1n) is 5.07. The summed E-state index contributed by atoms with van der Waals surface area (Å²) in [6.45, 7) is 0. The molecule has 0 aliphatic carbocycles. The number of para-hydroxylation sites is 1. The van der Waals surface area contributed by atoms with Crippen molar-refractivity contribution < 1.29 is 0 Å². The van der Waals surface area contributed by atoms with E-state index in [1.54, 1.807) is 10.8 Å². The van der Waals surface area contributed by atoms with Crippen LogP contribution < -0.4 is 11.1 Å². The quantitative estimate of drug-likeness (QED) is 0.690. The van der Waals surface area contributed by atoms with Gasteiger partial charge in [-0.3, -0.25) is 0 Å². The predicted octanol–water partition coefficient (Wildman–Crippen LogP) is 1.51. The molecule has 0 spiro atoms. The van der Waals surface area contributed by atoms with E-state index in [9.17, 15) is 0 Å². The van der Waals surface area contributed by atoms with Crippen molar-refractivity contribution in [3.63, 3.8) is 0 Å². The van der Waals surface area contributed by atoms with Crippen molar-refractivity contribution in [1.82, 2.24) is 19.8 Å². The zero-order valence-electron chi connectivity index (χ0n) is 9.07. The third kappa shape index (κ3) is 1.91. The van der Waals surface area contributed by atoms with Crippen LogP contribution in [0.4, 0.5) is 5.69 Å². The summed E-state index contributed by atoms with van der Waals surface area (Å²) < 4.78 is 1.64. The van der Waals surface area contributed by atoms with Crippen LogP contribution >= 0.6 is 23.6 Å². The molecule has 0 amide bonds. The molecule has 3 aromatic rings. The van der Waals surface area contributed by atoms with Crippen molar-refractivity contribution in [2.24, 2.45) is 5.73 Å². The molecule has 0 unspecified atom stereocenters. The maximum Gasteiger partial charge on any atom is 0.234 e. The maximum atomic E-state index is 5.50. The number of rotatable bonds is 2. The topological polar surface area (TPSA) is 81.1 Å². The summed E-state index contributed by atoms with van der Waals surface area (Å²) >= 11 is 6.31. The van der Waals surface area contributed by atoms with Gasteiger partial charge in [0.2, 0.25) is 4.96 Å². The van der Waals surface area contributed by atoms with Crippen molar-refractivity contribution in [2.75, 3.05) is 5.32 Å². The Morgan fingerprint density at radius 1 is 1.39 bits per heavy atom. The SMILES string of the molecule is NC(=S)Nc1ccccc1-c1nn2cnnc2s1. The minimum Gasteiger partial charge on any atom is -0.376 e. The lowest BCUT2D eigenvalue weighted by atomic mass is 10.2. The minimum atomic E-state index is 0.227. The smallest absolute Gasteiger partial charge is 0.234 e. The van der Waals surface area contributed by atoms with Crippen LogP contribution in [0.25, 0.3) is 15.5 Å². The first-order valence-corrected chi connectivity index (χ1v) is 6.29. The molecule has 0 radical (unpaired) electrons. The summed E-state index contributed by atoms with van der Waals surface area (Å²) in [7, 11) is 0. The van der Waals surface area contributed by atoms with E-state index in [2.05, 4.69) is 20.6 Å². The second-order valence-electron chi connectivity index (χ2n) is 3.50. The van der Waals surface area contributed by atoms with Gasteiger partial charge in [0.25, 0.3) is 0 Å². The van der Waals surface area contributed by atoms with Crippen LogP contribution in [-0.2, 0) is 0 Å². The molecule has 6 nitrogen and oxygen atoms in total. The molecule has 0 aliphatic heterocycles. The molecule has 0 bridgehead atoms. The number of hydrogen-bond acceptors (Lipinski definition) is 5. The molecule has 90 valence electrons. The lowest BCUT2D eigenvalue weighted by Gasteiger charge is -2.07.